The Balaban J connectivity index is 1.77. The molecule has 2 aromatic carbocycles. The van der Waals surface area contributed by atoms with Crippen molar-refractivity contribution in [2.24, 2.45) is 4.99 Å². The van der Waals surface area contributed by atoms with Gasteiger partial charge in [-0.3, -0.25) is 10.3 Å². The summed E-state index contributed by atoms with van der Waals surface area (Å²) in [5.41, 5.74) is 10.7. The molecule has 1 aromatic heterocycles. The van der Waals surface area contributed by atoms with Gasteiger partial charge in [-0.15, -0.1) is 0 Å². The van der Waals surface area contributed by atoms with Crippen LogP contribution >= 0.6 is 0 Å². The monoisotopic (exact) mass is 332 g/mol. The van der Waals surface area contributed by atoms with Crippen molar-refractivity contribution in [2.45, 2.75) is 12.8 Å². The van der Waals surface area contributed by atoms with Crippen molar-refractivity contribution in [3.63, 3.8) is 0 Å². The third-order valence-corrected chi connectivity index (χ3v) is 4.25. The minimum atomic E-state index is -0.155. The molecule has 1 unspecified atom stereocenters. The van der Waals surface area contributed by atoms with Crippen molar-refractivity contribution in [1.82, 2.24) is 15.1 Å². The maximum absolute atomic E-state index is 5.79. The molecule has 0 spiro atoms. The molecule has 0 radical (unpaired) electrons. The van der Waals surface area contributed by atoms with E-state index in [-0.39, 0.29) is 6.29 Å². The van der Waals surface area contributed by atoms with E-state index in [9.17, 15) is 0 Å². The molecule has 2 heterocycles. The molecule has 0 saturated carbocycles. The molecule has 6 nitrogen and oxygen atoms in total. The van der Waals surface area contributed by atoms with Crippen molar-refractivity contribution in [2.75, 3.05) is 18.1 Å². The second-order valence-electron chi connectivity index (χ2n) is 5.99. The van der Waals surface area contributed by atoms with Crippen LogP contribution in [0.5, 0.6) is 0 Å². The first-order valence-corrected chi connectivity index (χ1v) is 8.22. The maximum atomic E-state index is 5.79. The lowest BCUT2D eigenvalue weighted by molar-refractivity contribution is 0.625. The van der Waals surface area contributed by atoms with Crippen LogP contribution in [0.25, 0.3) is 11.3 Å². The first-order valence-electron chi connectivity index (χ1n) is 8.22. The molecule has 0 aliphatic carbocycles. The Morgan fingerprint density at radius 3 is 2.60 bits per heavy atom. The highest BCUT2D eigenvalue weighted by atomic mass is 15.4. The molecule has 0 amide bonds. The first kappa shape index (κ1) is 15.4. The predicted octanol–water partition coefficient (Wildman–Crippen LogP) is 2.53. The summed E-state index contributed by atoms with van der Waals surface area (Å²) in [6.07, 6.45) is 1.74. The van der Waals surface area contributed by atoms with Crippen LogP contribution in [0.3, 0.4) is 0 Å². The first-order chi connectivity index (χ1) is 12.2. The van der Waals surface area contributed by atoms with Gasteiger partial charge < -0.3 is 11.1 Å². The lowest BCUT2D eigenvalue weighted by Gasteiger charge is -2.20. The van der Waals surface area contributed by atoms with Gasteiger partial charge in [-0.25, -0.2) is 4.68 Å². The summed E-state index contributed by atoms with van der Waals surface area (Å²) in [5.74, 6) is 0.963. The van der Waals surface area contributed by atoms with E-state index in [0.717, 1.165) is 33.9 Å². The topological polar surface area (TPSA) is 80.3 Å². The number of fused-ring (bicyclic) bond motifs is 1. The second kappa shape index (κ2) is 6.41. The van der Waals surface area contributed by atoms with E-state index in [4.69, 9.17) is 10.8 Å². The number of hydrogen-bond acceptors (Lipinski definition) is 5. The van der Waals surface area contributed by atoms with Crippen molar-refractivity contribution in [3.05, 3.63) is 65.7 Å². The third-order valence-electron chi connectivity index (χ3n) is 4.25. The highest BCUT2D eigenvalue weighted by Crippen LogP contribution is 2.30. The van der Waals surface area contributed by atoms with Crippen molar-refractivity contribution in [3.8, 4) is 11.3 Å². The molecule has 126 valence electrons. The van der Waals surface area contributed by atoms with Crippen LogP contribution < -0.4 is 16.4 Å². The van der Waals surface area contributed by atoms with E-state index in [2.05, 4.69) is 27.8 Å². The van der Waals surface area contributed by atoms with Crippen molar-refractivity contribution in [1.29, 1.82) is 0 Å². The summed E-state index contributed by atoms with van der Waals surface area (Å²) >= 11 is 0. The van der Waals surface area contributed by atoms with Crippen LogP contribution in [0.1, 0.15) is 11.1 Å². The van der Waals surface area contributed by atoms with E-state index < -0.39 is 0 Å². The van der Waals surface area contributed by atoms with Crippen molar-refractivity contribution >= 4 is 17.7 Å². The van der Waals surface area contributed by atoms with Crippen LogP contribution in [-0.2, 0) is 6.54 Å². The fraction of sp³-hybridized carbons (Fsp3) is 0.158. The van der Waals surface area contributed by atoms with Gasteiger partial charge in [0.25, 0.3) is 0 Å². The van der Waals surface area contributed by atoms with Crippen LogP contribution in [0.15, 0.2) is 59.6 Å². The fourth-order valence-electron chi connectivity index (χ4n) is 2.93. The molecular formula is C19H20N6. The zero-order chi connectivity index (χ0) is 17.2. The van der Waals surface area contributed by atoms with Crippen LogP contribution in [0.2, 0.25) is 0 Å². The zero-order valence-electron chi connectivity index (χ0n) is 14.0. The molecule has 6 heteroatoms. The quantitative estimate of drug-likeness (QED) is 0.641. The van der Waals surface area contributed by atoms with Crippen LogP contribution in [-0.4, -0.2) is 29.3 Å². The summed E-state index contributed by atoms with van der Waals surface area (Å²) in [4.78, 5) is 4.49. The molecule has 0 fully saturated rings. The summed E-state index contributed by atoms with van der Waals surface area (Å²) < 4.78 is 1.98. The number of anilines is 2. The molecule has 1 atom stereocenters. The fourth-order valence-corrected chi connectivity index (χ4v) is 2.93. The van der Waals surface area contributed by atoms with Gasteiger partial charge in [-0.05, 0) is 24.7 Å². The highest BCUT2D eigenvalue weighted by molar-refractivity contribution is 5.96. The van der Waals surface area contributed by atoms with Gasteiger partial charge in [-0.2, -0.15) is 5.10 Å². The number of nitrogens with two attached hydrogens (primary N) is 1. The Labute approximate surface area is 146 Å². The minimum Gasteiger partial charge on any atom is -0.399 e. The van der Waals surface area contributed by atoms with E-state index in [1.807, 2.05) is 60.4 Å². The van der Waals surface area contributed by atoms with Gasteiger partial charge in [0.15, 0.2) is 6.29 Å². The molecular weight excluding hydrogens is 312 g/mol. The van der Waals surface area contributed by atoms with E-state index in [1.54, 1.807) is 0 Å². The lowest BCUT2D eigenvalue weighted by atomic mass is 10.1. The molecule has 0 bridgehead atoms. The molecule has 1 aliphatic heterocycles. The van der Waals surface area contributed by atoms with E-state index >= 15 is 0 Å². The third kappa shape index (κ3) is 2.99. The SMILES string of the molecule is CNC1N=Cc2c(-c3ccccc3)nn(Cc3ccc(N)cc3)c2N1. The maximum Gasteiger partial charge on any atom is 0.174 e. The van der Waals surface area contributed by atoms with E-state index in [0.29, 0.717) is 6.54 Å². The largest absolute Gasteiger partial charge is 0.399 e. The Hall–Kier alpha value is -3.12. The average molecular weight is 332 g/mol. The molecule has 0 saturated heterocycles. The normalized spacial score (nSPS) is 15.6. The lowest BCUT2D eigenvalue weighted by Crippen LogP contribution is -2.34. The minimum absolute atomic E-state index is 0.155. The van der Waals surface area contributed by atoms with Crippen LogP contribution in [0, 0.1) is 0 Å². The smallest absolute Gasteiger partial charge is 0.174 e. The Bertz CT molecular complexity index is 896. The Kier molecular flexibility index (Phi) is 3.95. The standard InChI is InChI=1S/C19H20N6/c1-21-19-22-11-16-17(14-5-3-2-4-6-14)24-25(18(16)23-19)12-13-7-9-15(20)10-8-13/h2-11,19,21,23H,12,20H2,1H3. The van der Waals surface area contributed by atoms with Gasteiger partial charge in [0, 0.05) is 17.5 Å². The zero-order valence-corrected chi connectivity index (χ0v) is 14.0. The van der Waals surface area contributed by atoms with Crippen molar-refractivity contribution < 1.29 is 0 Å². The highest BCUT2D eigenvalue weighted by Gasteiger charge is 2.23. The number of hydrogen-bond donors (Lipinski definition) is 3. The molecule has 25 heavy (non-hydrogen) atoms. The Morgan fingerprint density at radius 2 is 1.88 bits per heavy atom. The van der Waals surface area contributed by atoms with Crippen LogP contribution in [0.4, 0.5) is 11.5 Å². The van der Waals surface area contributed by atoms with Gasteiger partial charge in [0.1, 0.15) is 11.5 Å². The van der Waals surface area contributed by atoms with Gasteiger partial charge in [0.05, 0.1) is 12.1 Å². The molecule has 4 rings (SSSR count). The number of aliphatic imine (C=N–C) groups is 1. The summed E-state index contributed by atoms with van der Waals surface area (Å²) in [6, 6.07) is 18.0. The Morgan fingerprint density at radius 1 is 1.12 bits per heavy atom. The van der Waals surface area contributed by atoms with Gasteiger partial charge in [0.2, 0.25) is 0 Å². The number of rotatable bonds is 4. The summed E-state index contributed by atoms with van der Waals surface area (Å²) in [6.45, 7) is 0.659. The number of nitrogens with one attached hydrogen (secondary N) is 2. The van der Waals surface area contributed by atoms with E-state index in [1.165, 1.54) is 0 Å². The number of nitrogens with zero attached hydrogens (tertiary/aromatic N) is 3. The summed E-state index contributed by atoms with van der Waals surface area (Å²) in [7, 11) is 1.87. The number of benzene rings is 2. The average Bonchev–Trinajstić information content (AvgIpc) is 3.02. The molecule has 1 aliphatic rings. The molecule has 4 N–H and O–H groups in total. The van der Waals surface area contributed by atoms with Gasteiger partial charge >= 0.3 is 0 Å². The number of nitrogen functional groups attached to an aromatic ring is 1. The second-order valence-corrected chi connectivity index (χ2v) is 5.99. The summed E-state index contributed by atoms with van der Waals surface area (Å²) in [5, 5.41) is 11.4. The predicted molar refractivity (Wildman–Crippen MR) is 102 cm³/mol. The number of aromatic nitrogens is 2. The molecule has 3 aromatic rings. The van der Waals surface area contributed by atoms with Gasteiger partial charge in [-0.1, -0.05) is 42.5 Å².